The fraction of sp³-hybridized carbons (Fsp3) is 0.571. The van der Waals surface area contributed by atoms with Crippen LogP contribution in [0, 0.1) is 5.92 Å². The summed E-state index contributed by atoms with van der Waals surface area (Å²) in [6.07, 6.45) is 6.74. The predicted octanol–water partition coefficient (Wildman–Crippen LogP) is 3.03. The van der Waals surface area contributed by atoms with Crippen molar-refractivity contribution in [1.29, 1.82) is 0 Å². The SMILES string of the molecule is C[C@H]1[C@H](NC(=O)c2cc3sc(N4CCCCC4=O)cc3cn2)C2CCN1CC2. The topological polar surface area (TPSA) is 65.5 Å². The third-order valence-electron chi connectivity index (χ3n) is 6.69. The van der Waals surface area contributed by atoms with Crippen LogP contribution in [0.15, 0.2) is 18.3 Å². The molecule has 0 radical (unpaired) electrons. The number of nitrogens with one attached hydrogen (secondary N) is 1. The first-order valence-electron chi connectivity index (χ1n) is 10.3. The summed E-state index contributed by atoms with van der Waals surface area (Å²) in [6, 6.07) is 4.49. The van der Waals surface area contributed by atoms with Gasteiger partial charge in [0.25, 0.3) is 5.91 Å². The van der Waals surface area contributed by atoms with Gasteiger partial charge in [-0.3, -0.25) is 19.5 Å². The summed E-state index contributed by atoms with van der Waals surface area (Å²) < 4.78 is 1.01. The van der Waals surface area contributed by atoms with E-state index in [0.29, 0.717) is 24.1 Å². The molecule has 28 heavy (non-hydrogen) atoms. The molecule has 2 atom stereocenters. The second kappa shape index (κ2) is 7.12. The van der Waals surface area contributed by atoms with E-state index >= 15 is 0 Å². The van der Waals surface area contributed by atoms with Crippen LogP contribution in [0.25, 0.3) is 10.1 Å². The summed E-state index contributed by atoms with van der Waals surface area (Å²) >= 11 is 1.57. The Labute approximate surface area is 168 Å². The van der Waals surface area contributed by atoms with E-state index in [4.69, 9.17) is 0 Å². The van der Waals surface area contributed by atoms with Gasteiger partial charge < -0.3 is 10.2 Å². The molecule has 6 rings (SSSR count). The monoisotopic (exact) mass is 398 g/mol. The van der Waals surface area contributed by atoms with Crippen LogP contribution in [0.5, 0.6) is 0 Å². The smallest absolute Gasteiger partial charge is 0.270 e. The molecule has 0 aromatic carbocycles. The Kier molecular flexibility index (Phi) is 4.59. The molecule has 0 aliphatic carbocycles. The van der Waals surface area contributed by atoms with Crippen molar-refractivity contribution in [1.82, 2.24) is 15.2 Å². The van der Waals surface area contributed by atoms with Gasteiger partial charge in [0.15, 0.2) is 0 Å². The Balaban J connectivity index is 1.36. The fourth-order valence-electron chi connectivity index (χ4n) is 4.99. The maximum absolute atomic E-state index is 12.9. The van der Waals surface area contributed by atoms with Crippen LogP contribution < -0.4 is 10.2 Å². The van der Waals surface area contributed by atoms with Crippen molar-refractivity contribution < 1.29 is 9.59 Å². The van der Waals surface area contributed by atoms with E-state index in [1.807, 2.05) is 17.0 Å². The third-order valence-corrected chi connectivity index (χ3v) is 7.81. The molecule has 4 aliphatic heterocycles. The van der Waals surface area contributed by atoms with Gasteiger partial charge in [-0.25, -0.2) is 0 Å². The normalized spacial score (nSPS) is 30.0. The molecule has 2 aromatic heterocycles. The van der Waals surface area contributed by atoms with Crippen molar-refractivity contribution in [2.45, 2.75) is 51.1 Å². The maximum atomic E-state index is 12.9. The quantitative estimate of drug-likeness (QED) is 0.863. The number of piperidine rings is 4. The molecular formula is C21H26N4O2S. The minimum Gasteiger partial charge on any atom is -0.346 e. The average molecular weight is 399 g/mol. The number of carbonyl (C=O) groups is 2. The van der Waals surface area contributed by atoms with Gasteiger partial charge >= 0.3 is 0 Å². The number of hydrogen-bond acceptors (Lipinski definition) is 5. The summed E-state index contributed by atoms with van der Waals surface area (Å²) in [5.41, 5.74) is 0.467. The molecule has 2 aromatic rings. The molecule has 6 heterocycles. The highest BCUT2D eigenvalue weighted by molar-refractivity contribution is 7.23. The number of hydrogen-bond donors (Lipinski definition) is 1. The summed E-state index contributed by atoms with van der Waals surface area (Å²) in [5, 5.41) is 5.21. The van der Waals surface area contributed by atoms with Gasteiger partial charge in [0.1, 0.15) is 5.69 Å². The predicted molar refractivity (Wildman–Crippen MR) is 111 cm³/mol. The molecule has 0 saturated carbocycles. The van der Waals surface area contributed by atoms with E-state index in [9.17, 15) is 9.59 Å². The zero-order valence-corrected chi connectivity index (χ0v) is 17.0. The van der Waals surface area contributed by atoms with Crippen LogP contribution in [0.2, 0.25) is 0 Å². The molecule has 1 N–H and O–H groups in total. The van der Waals surface area contributed by atoms with Crippen molar-refractivity contribution in [2.75, 3.05) is 24.5 Å². The van der Waals surface area contributed by atoms with E-state index in [0.717, 1.165) is 47.6 Å². The van der Waals surface area contributed by atoms with Gasteiger partial charge in [-0.15, -0.1) is 11.3 Å². The standard InChI is InChI=1S/C21H26N4O2S/c1-13-20(14-5-8-24(13)9-6-14)23-21(27)16-11-17-15(12-22-16)10-19(28-17)25-7-3-2-4-18(25)26/h10-14,20H,2-9H2,1H3,(H,23,27)/t13-,20-/m0/s1. The number of carbonyl (C=O) groups excluding carboxylic acids is 2. The van der Waals surface area contributed by atoms with E-state index in [1.54, 1.807) is 17.5 Å². The minimum absolute atomic E-state index is 0.0866. The van der Waals surface area contributed by atoms with Crippen LogP contribution >= 0.6 is 11.3 Å². The molecular weight excluding hydrogens is 372 g/mol. The number of fused-ring (bicyclic) bond motifs is 4. The third kappa shape index (κ3) is 3.10. The zero-order chi connectivity index (χ0) is 19.3. The van der Waals surface area contributed by atoms with Gasteiger partial charge in [0.05, 0.1) is 5.00 Å². The van der Waals surface area contributed by atoms with Crippen LogP contribution in [0.1, 0.15) is 49.5 Å². The highest BCUT2D eigenvalue weighted by Gasteiger charge is 2.40. The Hall–Kier alpha value is -1.99. The Morgan fingerprint density at radius 1 is 1.21 bits per heavy atom. The zero-order valence-electron chi connectivity index (χ0n) is 16.2. The van der Waals surface area contributed by atoms with Gasteiger partial charge in [-0.05, 0) is 63.7 Å². The van der Waals surface area contributed by atoms with Crippen molar-refractivity contribution >= 4 is 38.2 Å². The Morgan fingerprint density at radius 3 is 2.79 bits per heavy atom. The lowest BCUT2D eigenvalue weighted by Gasteiger charge is -2.49. The molecule has 0 spiro atoms. The molecule has 4 aliphatic rings. The van der Waals surface area contributed by atoms with Crippen molar-refractivity contribution in [3.05, 3.63) is 24.0 Å². The Bertz CT molecular complexity index is 916. The summed E-state index contributed by atoms with van der Waals surface area (Å²) in [7, 11) is 0. The number of amides is 2. The lowest BCUT2D eigenvalue weighted by atomic mass is 9.79. The lowest BCUT2D eigenvalue weighted by Crippen LogP contribution is -2.62. The van der Waals surface area contributed by atoms with Crippen molar-refractivity contribution in [2.24, 2.45) is 5.92 Å². The summed E-state index contributed by atoms with van der Waals surface area (Å²) in [6.45, 7) is 5.29. The molecule has 0 unspecified atom stereocenters. The van der Waals surface area contributed by atoms with Gasteiger partial charge in [0.2, 0.25) is 5.91 Å². The van der Waals surface area contributed by atoms with E-state index in [-0.39, 0.29) is 17.9 Å². The Morgan fingerprint density at radius 2 is 2.04 bits per heavy atom. The van der Waals surface area contributed by atoms with Crippen LogP contribution in [-0.2, 0) is 4.79 Å². The molecule has 4 saturated heterocycles. The van der Waals surface area contributed by atoms with E-state index < -0.39 is 0 Å². The maximum Gasteiger partial charge on any atom is 0.270 e. The van der Waals surface area contributed by atoms with Crippen LogP contribution in [-0.4, -0.2) is 53.4 Å². The highest BCUT2D eigenvalue weighted by Crippen LogP contribution is 2.35. The van der Waals surface area contributed by atoms with E-state index in [1.165, 1.54) is 12.8 Å². The number of anilines is 1. The van der Waals surface area contributed by atoms with Gasteiger partial charge in [-0.1, -0.05) is 0 Å². The molecule has 2 bridgehead atoms. The van der Waals surface area contributed by atoms with E-state index in [2.05, 4.69) is 22.1 Å². The van der Waals surface area contributed by atoms with Crippen LogP contribution in [0.3, 0.4) is 0 Å². The fourth-order valence-corrected chi connectivity index (χ4v) is 6.10. The van der Waals surface area contributed by atoms with Crippen molar-refractivity contribution in [3.63, 3.8) is 0 Å². The van der Waals surface area contributed by atoms with Gasteiger partial charge in [-0.2, -0.15) is 0 Å². The average Bonchev–Trinajstić information content (AvgIpc) is 3.14. The lowest BCUT2D eigenvalue weighted by molar-refractivity contribution is -0.119. The molecule has 148 valence electrons. The first-order chi connectivity index (χ1) is 13.6. The number of nitrogens with zero attached hydrogens (tertiary/aromatic N) is 3. The number of thiophene rings is 1. The second-order valence-corrected chi connectivity index (χ2v) is 9.37. The number of rotatable bonds is 3. The first-order valence-corrected chi connectivity index (χ1v) is 11.2. The minimum atomic E-state index is -0.0866. The highest BCUT2D eigenvalue weighted by atomic mass is 32.1. The largest absolute Gasteiger partial charge is 0.346 e. The summed E-state index contributed by atoms with van der Waals surface area (Å²) in [4.78, 5) is 33.9. The first kappa shape index (κ1) is 18.1. The molecule has 4 fully saturated rings. The number of pyridine rings is 1. The molecule has 6 nitrogen and oxygen atoms in total. The molecule has 7 heteroatoms. The van der Waals surface area contributed by atoms with Crippen LogP contribution in [0.4, 0.5) is 5.00 Å². The molecule has 2 amide bonds. The number of aromatic nitrogens is 1. The second-order valence-electron chi connectivity index (χ2n) is 8.31. The van der Waals surface area contributed by atoms with Gasteiger partial charge in [0, 0.05) is 41.3 Å². The van der Waals surface area contributed by atoms with Crippen molar-refractivity contribution in [3.8, 4) is 0 Å². The summed E-state index contributed by atoms with van der Waals surface area (Å²) in [5.74, 6) is 0.683.